The number of carbonyl (C=O) groups excluding carboxylic acids is 2. The summed E-state index contributed by atoms with van der Waals surface area (Å²) in [6, 6.07) is 26.4. The van der Waals surface area contributed by atoms with Crippen LogP contribution in [0.1, 0.15) is 5.56 Å². The van der Waals surface area contributed by atoms with E-state index in [-0.39, 0.29) is 18.5 Å². The molecule has 0 bridgehead atoms. The number of amides is 3. The standard InChI is InChI=1S/C22H22N4O2/c27-21(16-24-22(28)23-15-17-7-3-1-4-8-17)26-20-13-11-19(12-14-20)25-18-9-5-2-6-10-18/h1-14,25H,15-16H2,(H,26,27)(H2,23,24,28). The molecule has 0 saturated carbocycles. The van der Waals surface area contributed by atoms with E-state index in [0.29, 0.717) is 12.2 Å². The lowest BCUT2D eigenvalue weighted by atomic mass is 10.2. The molecule has 6 heteroatoms. The van der Waals surface area contributed by atoms with E-state index < -0.39 is 0 Å². The highest BCUT2D eigenvalue weighted by atomic mass is 16.2. The van der Waals surface area contributed by atoms with Crippen molar-refractivity contribution in [1.29, 1.82) is 0 Å². The molecule has 3 amide bonds. The monoisotopic (exact) mass is 374 g/mol. The summed E-state index contributed by atoms with van der Waals surface area (Å²) in [6.07, 6.45) is 0. The second-order valence-corrected chi connectivity index (χ2v) is 6.14. The zero-order valence-corrected chi connectivity index (χ0v) is 15.3. The van der Waals surface area contributed by atoms with Gasteiger partial charge in [-0.15, -0.1) is 0 Å². The van der Waals surface area contributed by atoms with Gasteiger partial charge in [-0.25, -0.2) is 4.79 Å². The summed E-state index contributed by atoms with van der Waals surface area (Å²) in [6.45, 7) is 0.300. The molecule has 0 aliphatic carbocycles. The smallest absolute Gasteiger partial charge is 0.315 e. The van der Waals surface area contributed by atoms with Crippen LogP contribution in [-0.4, -0.2) is 18.5 Å². The van der Waals surface area contributed by atoms with Crippen molar-refractivity contribution in [2.45, 2.75) is 6.54 Å². The van der Waals surface area contributed by atoms with Crippen LogP contribution in [0, 0.1) is 0 Å². The Labute approximate surface area is 164 Å². The van der Waals surface area contributed by atoms with Crippen molar-refractivity contribution in [2.24, 2.45) is 0 Å². The van der Waals surface area contributed by atoms with Crippen LogP contribution in [0.25, 0.3) is 0 Å². The number of hydrogen-bond acceptors (Lipinski definition) is 3. The summed E-state index contributed by atoms with van der Waals surface area (Å²) in [5.74, 6) is -0.293. The first-order chi connectivity index (χ1) is 13.7. The quantitative estimate of drug-likeness (QED) is 0.507. The molecule has 0 aliphatic rings. The van der Waals surface area contributed by atoms with E-state index in [1.807, 2.05) is 72.8 Å². The van der Waals surface area contributed by atoms with Crippen molar-refractivity contribution in [1.82, 2.24) is 10.6 Å². The fraction of sp³-hybridized carbons (Fsp3) is 0.0909. The van der Waals surface area contributed by atoms with Gasteiger partial charge in [0, 0.05) is 23.6 Å². The Morgan fingerprint density at radius 3 is 1.89 bits per heavy atom. The number of benzene rings is 3. The summed E-state index contributed by atoms with van der Waals surface area (Å²) >= 11 is 0. The molecule has 3 aromatic carbocycles. The van der Waals surface area contributed by atoms with Gasteiger partial charge in [-0.3, -0.25) is 4.79 Å². The van der Waals surface area contributed by atoms with Crippen LogP contribution in [0.2, 0.25) is 0 Å². The van der Waals surface area contributed by atoms with Crippen LogP contribution in [-0.2, 0) is 11.3 Å². The lowest BCUT2D eigenvalue weighted by Crippen LogP contribution is -2.39. The third-order valence-corrected chi connectivity index (χ3v) is 3.94. The molecule has 0 heterocycles. The third kappa shape index (κ3) is 6.17. The van der Waals surface area contributed by atoms with Crippen molar-refractivity contribution in [3.8, 4) is 0 Å². The van der Waals surface area contributed by atoms with E-state index in [1.165, 1.54) is 0 Å². The molecular formula is C22H22N4O2. The Morgan fingerprint density at radius 2 is 1.21 bits per heavy atom. The molecule has 28 heavy (non-hydrogen) atoms. The SMILES string of the molecule is O=C(CNC(=O)NCc1ccccc1)Nc1ccc(Nc2ccccc2)cc1. The lowest BCUT2D eigenvalue weighted by molar-refractivity contribution is -0.115. The zero-order valence-electron chi connectivity index (χ0n) is 15.3. The van der Waals surface area contributed by atoms with Gasteiger partial charge in [0.25, 0.3) is 0 Å². The summed E-state index contributed by atoms with van der Waals surface area (Å²) in [4.78, 5) is 23.8. The summed E-state index contributed by atoms with van der Waals surface area (Å²) in [5, 5.41) is 11.3. The van der Waals surface area contributed by atoms with Crippen LogP contribution in [0.3, 0.4) is 0 Å². The minimum atomic E-state index is -0.388. The van der Waals surface area contributed by atoms with E-state index in [1.54, 1.807) is 12.1 Å². The van der Waals surface area contributed by atoms with Crippen LogP contribution in [0.15, 0.2) is 84.9 Å². The Hall–Kier alpha value is -3.80. The van der Waals surface area contributed by atoms with Crippen molar-refractivity contribution < 1.29 is 9.59 Å². The highest BCUT2D eigenvalue weighted by Gasteiger charge is 2.06. The topological polar surface area (TPSA) is 82.3 Å². The van der Waals surface area contributed by atoms with Gasteiger partial charge in [0.1, 0.15) is 0 Å². The van der Waals surface area contributed by atoms with Gasteiger partial charge in [-0.1, -0.05) is 48.5 Å². The molecule has 0 spiro atoms. The minimum Gasteiger partial charge on any atom is -0.356 e. The largest absolute Gasteiger partial charge is 0.356 e. The Morgan fingerprint density at radius 1 is 0.643 bits per heavy atom. The number of urea groups is 1. The van der Waals surface area contributed by atoms with Gasteiger partial charge < -0.3 is 21.3 Å². The molecule has 0 fully saturated rings. The fourth-order valence-corrected chi connectivity index (χ4v) is 2.53. The van der Waals surface area contributed by atoms with Crippen LogP contribution in [0.5, 0.6) is 0 Å². The molecule has 0 aromatic heterocycles. The molecule has 6 nitrogen and oxygen atoms in total. The van der Waals surface area contributed by atoms with Crippen LogP contribution >= 0.6 is 0 Å². The fourth-order valence-electron chi connectivity index (χ4n) is 2.53. The maximum Gasteiger partial charge on any atom is 0.315 e. The third-order valence-electron chi connectivity index (χ3n) is 3.94. The second-order valence-electron chi connectivity index (χ2n) is 6.14. The lowest BCUT2D eigenvalue weighted by Gasteiger charge is -2.10. The van der Waals surface area contributed by atoms with E-state index in [2.05, 4.69) is 21.3 Å². The van der Waals surface area contributed by atoms with E-state index in [9.17, 15) is 9.59 Å². The first kappa shape index (κ1) is 19.0. The number of hydrogen-bond donors (Lipinski definition) is 4. The Bertz CT molecular complexity index is 897. The predicted octanol–water partition coefficient (Wildman–Crippen LogP) is 3.87. The van der Waals surface area contributed by atoms with Gasteiger partial charge in [0.15, 0.2) is 0 Å². The van der Waals surface area contributed by atoms with Crippen LogP contribution in [0.4, 0.5) is 21.9 Å². The molecule has 0 saturated heterocycles. The van der Waals surface area contributed by atoms with Gasteiger partial charge in [-0.05, 0) is 42.0 Å². The summed E-state index contributed by atoms with van der Waals surface area (Å²) < 4.78 is 0. The number of anilines is 3. The number of para-hydroxylation sites is 1. The normalized spacial score (nSPS) is 10.0. The number of nitrogens with one attached hydrogen (secondary N) is 4. The molecule has 142 valence electrons. The molecule has 3 aromatic rings. The Balaban J connectivity index is 1.40. The van der Waals surface area contributed by atoms with Crippen molar-refractivity contribution >= 4 is 29.0 Å². The molecular weight excluding hydrogens is 352 g/mol. The highest BCUT2D eigenvalue weighted by molar-refractivity contribution is 5.94. The molecule has 0 aliphatic heterocycles. The number of rotatable bonds is 7. The highest BCUT2D eigenvalue weighted by Crippen LogP contribution is 2.18. The zero-order chi connectivity index (χ0) is 19.6. The van der Waals surface area contributed by atoms with Gasteiger partial charge in [0.2, 0.25) is 5.91 Å². The van der Waals surface area contributed by atoms with Crippen molar-refractivity contribution in [3.05, 3.63) is 90.5 Å². The van der Waals surface area contributed by atoms with Gasteiger partial charge in [0.05, 0.1) is 6.54 Å². The van der Waals surface area contributed by atoms with Crippen molar-refractivity contribution in [3.63, 3.8) is 0 Å². The maximum absolute atomic E-state index is 12.0. The first-order valence-electron chi connectivity index (χ1n) is 8.97. The number of carbonyl (C=O) groups is 2. The average molecular weight is 374 g/mol. The summed E-state index contributed by atoms with van der Waals surface area (Å²) in [7, 11) is 0. The molecule has 4 N–H and O–H groups in total. The molecule has 0 atom stereocenters. The first-order valence-corrected chi connectivity index (χ1v) is 8.97. The van der Waals surface area contributed by atoms with Gasteiger partial charge >= 0.3 is 6.03 Å². The molecule has 0 radical (unpaired) electrons. The summed E-state index contributed by atoms with van der Waals surface area (Å²) in [5.41, 5.74) is 3.56. The Kier molecular flexibility index (Phi) is 6.62. The van der Waals surface area contributed by atoms with Gasteiger partial charge in [-0.2, -0.15) is 0 Å². The maximum atomic E-state index is 12.0. The minimum absolute atomic E-state index is 0.107. The van der Waals surface area contributed by atoms with Crippen molar-refractivity contribution in [2.75, 3.05) is 17.2 Å². The van der Waals surface area contributed by atoms with E-state index >= 15 is 0 Å². The van der Waals surface area contributed by atoms with Crippen LogP contribution < -0.4 is 21.3 Å². The van der Waals surface area contributed by atoms with E-state index in [4.69, 9.17) is 0 Å². The van der Waals surface area contributed by atoms with E-state index in [0.717, 1.165) is 16.9 Å². The molecule has 0 unspecified atom stereocenters. The second kappa shape index (κ2) is 9.78. The average Bonchev–Trinajstić information content (AvgIpc) is 2.74. The predicted molar refractivity (Wildman–Crippen MR) is 111 cm³/mol. The molecule has 3 rings (SSSR count).